The number of alkyl halides is 2. The molecule has 0 saturated heterocycles. The Kier molecular flexibility index (Phi) is 2.96. The highest BCUT2D eigenvalue weighted by atomic mass is 32.2. The van der Waals surface area contributed by atoms with Gasteiger partial charge in [0.25, 0.3) is 6.43 Å². The molecule has 0 N–H and O–H groups in total. The molecule has 1 aliphatic heterocycles. The van der Waals surface area contributed by atoms with E-state index in [-0.39, 0.29) is 0 Å². The molecule has 2 rings (SSSR count). The van der Waals surface area contributed by atoms with E-state index in [4.69, 9.17) is 0 Å². The minimum absolute atomic E-state index is 0.534. The molecule has 2 nitrogen and oxygen atoms in total. The number of allylic oxidation sites excluding steroid dienone is 1. The summed E-state index contributed by atoms with van der Waals surface area (Å²) in [5, 5.41) is 0.534. The maximum atomic E-state index is 12.1. The van der Waals surface area contributed by atoms with E-state index in [1.54, 1.807) is 11.9 Å². The van der Waals surface area contributed by atoms with E-state index >= 15 is 0 Å². The standard InChI is InChI=1S/C11H9F2NOS/c1-14-7-4-2-3-5-9(7)16-10(14)6-8(15)11(12)13/h2-6,11H,1H3/b10-6+. The van der Waals surface area contributed by atoms with E-state index in [1.807, 2.05) is 24.3 Å². The summed E-state index contributed by atoms with van der Waals surface area (Å²) in [7, 11) is 1.75. The number of hydrogen-bond acceptors (Lipinski definition) is 3. The van der Waals surface area contributed by atoms with E-state index in [0.29, 0.717) is 5.03 Å². The fourth-order valence-corrected chi connectivity index (χ4v) is 2.52. The van der Waals surface area contributed by atoms with Gasteiger partial charge in [-0.05, 0) is 12.1 Å². The maximum Gasteiger partial charge on any atom is 0.299 e. The lowest BCUT2D eigenvalue weighted by Gasteiger charge is -2.12. The second-order valence-electron chi connectivity index (χ2n) is 3.31. The Bertz CT molecular complexity index is 459. The summed E-state index contributed by atoms with van der Waals surface area (Å²) in [5.41, 5.74) is 0.931. The van der Waals surface area contributed by atoms with E-state index in [0.717, 1.165) is 16.7 Å². The van der Waals surface area contributed by atoms with Crippen molar-refractivity contribution in [1.82, 2.24) is 0 Å². The van der Waals surface area contributed by atoms with E-state index in [9.17, 15) is 13.6 Å². The molecule has 1 aromatic carbocycles. The lowest BCUT2D eigenvalue weighted by Crippen LogP contribution is -2.13. The molecule has 0 bridgehead atoms. The quantitative estimate of drug-likeness (QED) is 0.742. The first-order valence-electron chi connectivity index (χ1n) is 4.64. The van der Waals surface area contributed by atoms with Crippen LogP contribution in [0.3, 0.4) is 0 Å². The Morgan fingerprint density at radius 1 is 1.44 bits per heavy atom. The zero-order chi connectivity index (χ0) is 11.7. The Labute approximate surface area is 95.9 Å². The Morgan fingerprint density at radius 3 is 2.75 bits per heavy atom. The highest BCUT2D eigenvalue weighted by Gasteiger charge is 2.23. The summed E-state index contributed by atoms with van der Waals surface area (Å²) in [5.74, 6) is -1.15. The van der Waals surface area contributed by atoms with Gasteiger partial charge in [0, 0.05) is 18.0 Å². The molecule has 0 saturated carbocycles. The number of para-hydroxylation sites is 1. The van der Waals surface area contributed by atoms with Crippen LogP contribution in [0, 0.1) is 0 Å². The third-order valence-corrected chi connectivity index (χ3v) is 3.42. The second-order valence-corrected chi connectivity index (χ2v) is 4.38. The van der Waals surface area contributed by atoms with Gasteiger partial charge in [-0.15, -0.1) is 0 Å². The molecule has 0 fully saturated rings. The van der Waals surface area contributed by atoms with E-state index < -0.39 is 12.2 Å². The largest absolute Gasteiger partial charge is 0.338 e. The number of fused-ring (bicyclic) bond motifs is 1. The molecular weight excluding hydrogens is 232 g/mol. The van der Waals surface area contributed by atoms with Gasteiger partial charge < -0.3 is 4.90 Å². The Hall–Kier alpha value is -1.36. The van der Waals surface area contributed by atoms with Gasteiger partial charge >= 0.3 is 0 Å². The predicted molar refractivity (Wildman–Crippen MR) is 59.8 cm³/mol. The van der Waals surface area contributed by atoms with E-state index in [1.165, 1.54) is 11.8 Å². The van der Waals surface area contributed by atoms with Gasteiger partial charge in [0.05, 0.1) is 10.7 Å². The maximum absolute atomic E-state index is 12.1. The van der Waals surface area contributed by atoms with Gasteiger partial charge in [0.1, 0.15) is 0 Å². The molecule has 1 heterocycles. The molecule has 0 radical (unpaired) electrons. The normalized spacial score (nSPS) is 17.0. The number of carbonyl (C=O) groups is 1. The van der Waals surface area contributed by atoms with E-state index in [2.05, 4.69) is 0 Å². The Balaban J connectivity index is 2.28. The Morgan fingerprint density at radius 2 is 2.12 bits per heavy atom. The van der Waals surface area contributed by atoms with Gasteiger partial charge in [-0.2, -0.15) is 0 Å². The minimum Gasteiger partial charge on any atom is -0.338 e. The molecule has 16 heavy (non-hydrogen) atoms. The van der Waals surface area contributed by atoms with Crippen molar-refractivity contribution in [2.75, 3.05) is 11.9 Å². The van der Waals surface area contributed by atoms with Crippen molar-refractivity contribution in [3.8, 4) is 0 Å². The summed E-state index contributed by atoms with van der Waals surface area (Å²) in [6.45, 7) is 0. The van der Waals surface area contributed by atoms with Gasteiger partial charge in [-0.25, -0.2) is 8.78 Å². The first kappa shape index (κ1) is 11.1. The average molecular weight is 241 g/mol. The molecule has 0 aliphatic carbocycles. The number of ketones is 1. The number of benzene rings is 1. The number of thioether (sulfide) groups is 1. The van der Waals surface area contributed by atoms with Crippen molar-refractivity contribution < 1.29 is 13.6 Å². The molecule has 5 heteroatoms. The molecule has 0 unspecified atom stereocenters. The molecule has 1 aliphatic rings. The van der Waals surface area contributed by atoms with Gasteiger partial charge in [0.2, 0.25) is 5.78 Å². The van der Waals surface area contributed by atoms with Crippen LogP contribution in [0.25, 0.3) is 0 Å². The van der Waals surface area contributed by atoms with Crippen LogP contribution < -0.4 is 4.90 Å². The molecule has 0 amide bonds. The van der Waals surface area contributed by atoms with Crippen LogP contribution >= 0.6 is 11.8 Å². The summed E-state index contributed by atoms with van der Waals surface area (Å²) < 4.78 is 24.2. The molecule has 1 aromatic rings. The SMILES string of the molecule is CN1/C(=C\C(=O)C(F)F)Sc2ccccc21. The molecule has 0 atom stereocenters. The predicted octanol–water partition coefficient (Wildman–Crippen LogP) is 2.90. The van der Waals surface area contributed by atoms with Crippen LogP contribution in [-0.2, 0) is 4.79 Å². The van der Waals surface area contributed by atoms with Crippen molar-refractivity contribution in [1.29, 1.82) is 0 Å². The monoisotopic (exact) mass is 241 g/mol. The first-order valence-corrected chi connectivity index (χ1v) is 5.45. The topological polar surface area (TPSA) is 20.3 Å². The zero-order valence-corrected chi connectivity index (χ0v) is 9.30. The number of halogens is 2. The van der Waals surface area contributed by atoms with Crippen LogP contribution in [-0.4, -0.2) is 19.3 Å². The van der Waals surface area contributed by atoms with Crippen LogP contribution in [0.4, 0.5) is 14.5 Å². The third kappa shape index (κ3) is 1.95. The summed E-state index contributed by atoms with van der Waals surface area (Å²) in [6, 6.07) is 7.52. The lowest BCUT2D eigenvalue weighted by atomic mass is 10.3. The first-order chi connectivity index (χ1) is 7.59. The lowest BCUT2D eigenvalue weighted by molar-refractivity contribution is -0.124. The van der Waals surface area contributed by atoms with Crippen molar-refractivity contribution in [2.45, 2.75) is 11.3 Å². The third-order valence-electron chi connectivity index (χ3n) is 2.25. The van der Waals surface area contributed by atoms with Gasteiger partial charge in [-0.1, -0.05) is 23.9 Å². The molecule has 0 spiro atoms. The van der Waals surface area contributed by atoms with Crippen LogP contribution in [0.1, 0.15) is 0 Å². The van der Waals surface area contributed by atoms with Crippen molar-refractivity contribution in [2.24, 2.45) is 0 Å². The van der Waals surface area contributed by atoms with Crippen molar-refractivity contribution >= 4 is 23.2 Å². The minimum atomic E-state index is -2.94. The van der Waals surface area contributed by atoms with Crippen LogP contribution in [0.5, 0.6) is 0 Å². The number of rotatable bonds is 2. The fourth-order valence-electron chi connectivity index (χ4n) is 1.43. The van der Waals surface area contributed by atoms with Gasteiger partial charge in [-0.3, -0.25) is 4.79 Å². The van der Waals surface area contributed by atoms with Crippen molar-refractivity contribution in [3.05, 3.63) is 35.4 Å². The summed E-state index contributed by atoms with van der Waals surface area (Å²) in [4.78, 5) is 13.6. The fraction of sp³-hybridized carbons (Fsp3) is 0.182. The van der Waals surface area contributed by atoms with Crippen LogP contribution in [0.2, 0.25) is 0 Å². The summed E-state index contributed by atoms with van der Waals surface area (Å²) >= 11 is 1.32. The molecular formula is C11H9F2NOS. The highest BCUT2D eigenvalue weighted by molar-refractivity contribution is 8.03. The van der Waals surface area contributed by atoms with Crippen LogP contribution in [0.15, 0.2) is 40.3 Å². The second kappa shape index (κ2) is 4.25. The highest BCUT2D eigenvalue weighted by Crippen LogP contribution is 2.44. The van der Waals surface area contributed by atoms with Crippen molar-refractivity contribution in [3.63, 3.8) is 0 Å². The number of nitrogens with zero attached hydrogens (tertiary/aromatic N) is 1. The molecule has 84 valence electrons. The number of anilines is 1. The average Bonchev–Trinajstić information content (AvgIpc) is 2.56. The molecule has 0 aromatic heterocycles. The smallest absolute Gasteiger partial charge is 0.299 e. The summed E-state index contributed by atoms with van der Waals surface area (Å²) in [6.07, 6.45) is -1.94. The number of carbonyl (C=O) groups excluding carboxylic acids is 1. The zero-order valence-electron chi connectivity index (χ0n) is 8.48. The number of hydrogen-bond donors (Lipinski definition) is 0. The van der Waals surface area contributed by atoms with Gasteiger partial charge in [0.15, 0.2) is 0 Å².